The molecule has 1 aliphatic rings. The minimum Gasteiger partial charge on any atom is -0.398 e. The van der Waals surface area contributed by atoms with E-state index in [0.29, 0.717) is 16.7 Å². The maximum absolute atomic E-state index is 13.3. The highest BCUT2D eigenvalue weighted by atomic mass is 16.1. The summed E-state index contributed by atoms with van der Waals surface area (Å²) in [6.45, 7) is 0. The lowest BCUT2D eigenvalue weighted by molar-refractivity contribution is 0.0979. The van der Waals surface area contributed by atoms with Crippen molar-refractivity contribution in [1.29, 1.82) is 0 Å². The van der Waals surface area contributed by atoms with E-state index in [4.69, 9.17) is 5.73 Å². The molecule has 4 heteroatoms. The topological polar surface area (TPSA) is 77.2 Å². The monoisotopic (exact) mass is 377 g/mol. The van der Waals surface area contributed by atoms with Gasteiger partial charge in [0.1, 0.15) is 0 Å². The highest BCUT2D eigenvalue weighted by Crippen LogP contribution is 2.34. The summed E-state index contributed by atoms with van der Waals surface area (Å²) in [6, 6.07) is 22.8. The van der Waals surface area contributed by atoms with Crippen LogP contribution in [0.4, 0.5) is 5.69 Å². The maximum atomic E-state index is 13.3. The van der Waals surface area contributed by atoms with E-state index in [9.17, 15) is 14.4 Å². The van der Waals surface area contributed by atoms with Crippen LogP contribution >= 0.6 is 0 Å². The fourth-order valence-corrected chi connectivity index (χ4v) is 3.98. The van der Waals surface area contributed by atoms with E-state index in [1.54, 1.807) is 30.3 Å². The zero-order chi connectivity index (χ0) is 20.1. The van der Waals surface area contributed by atoms with Crippen LogP contribution in [0.25, 0.3) is 10.8 Å². The predicted octanol–water partition coefficient (Wildman–Crippen LogP) is 4.43. The van der Waals surface area contributed by atoms with Crippen LogP contribution in [0.1, 0.15) is 47.8 Å². The number of anilines is 1. The van der Waals surface area contributed by atoms with E-state index in [0.717, 1.165) is 10.8 Å². The molecule has 138 valence electrons. The molecule has 0 bridgehead atoms. The van der Waals surface area contributed by atoms with Crippen molar-refractivity contribution in [3.05, 3.63) is 112 Å². The van der Waals surface area contributed by atoms with Crippen molar-refractivity contribution >= 4 is 33.8 Å². The van der Waals surface area contributed by atoms with Crippen LogP contribution in [0, 0.1) is 0 Å². The van der Waals surface area contributed by atoms with Gasteiger partial charge in [0.15, 0.2) is 17.3 Å². The first-order valence-electron chi connectivity index (χ1n) is 9.21. The molecule has 1 aliphatic carbocycles. The number of carbonyl (C=O) groups is 3. The van der Waals surface area contributed by atoms with Gasteiger partial charge in [0, 0.05) is 27.8 Å². The molecule has 5 rings (SSSR count). The van der Waals surface area contributed by atoms with Crippen LogP contribution < -0.4 is 5.73 Å². The van der Waals surface area contributed by atoms with Crippen molar-refractivity contribution in [2.45, 2.75) is 0 Å². The van der Waals surface area contributed by atoms with Crippen LogP contribution in [0.3, 0.4) is 0 Å². The normalized spacial score (nSPS) is 12.6. The minimum absolute atomic E-state index is 0.0493. The number of ketones is 3. The average Bonchev–Trinajstić information content (AvgIpc) is 2.76. The molecule has 0 saturated carbocycles. The first-order valence-corrected chi connectivity index (χ1v) is 9.21. The molecular weight excluding hydrogens is 362 g/mol. The van der Waals surface area contributed by atoms with Gasteiger partial charge in [-0.2, -0.15) is 0 Å². The van der Waals surface area contributed by atoms with E-state index in [1.165, 1.54) is 12.1 Å². The van der Waals surface area contributed by atoms with E-state index in [-0.39, 0.29) is 39.7 Å². The van der Waals surface area contributed by atoms with Gasteiger partial charge in [-0.25, -0.2) is 0 Å². The Labute approximate surface area is 166 Å². The zero-order valence-electron chi connectivity index (χ0n) is 15.3. The predicted molar refractivity (Wildman–Crippen MR) is 112 cm³/mol. The van der Waals surface area contributed by atoms with Crippen LogP contribution in [-0.2, 0) is 0 Å². The second kappa shape index (κ2) is 6.24. The molecule has 29 heavy (non-hydrogen) atoms. The summed E-state index contributed by atoms with van der Waals surface area (Å²) in [5.74, 6) is -0.868. The number of nitrogens with two attached hydrogens (primary N) is 1. The Morgan fingerprint density at radius 2 is 1.28 bits per heavy atom. The average molecular weight is 377 g/mol. The third kappa shape index (κ3) is 2.43. The van der Waals surface area contributed by atoms with Crippen LogP contribution in [0.2, 0.25) is 0 Å². The molecule has 0 spiro atoms. The van der Waals surface area contributed by atoms with Crippen molar-refractivity contribution < 1.29 is 14.4 Å². The van der Waals surface area contributed by atoms with Gasteiger partial charge in [-0.1, -0.05) is 66.7 Å². The summed E-state index contributed by atoms with van der Waals surface area (Å²) in [5, 5.41) is 1.75. The molecule has 4 nitrogen and oxygen atoms in total. The van der Waals surface area contributed by atoms with Crippen molar-refractivity contribution in [2.24, 2.45) is 0 Å². The zero-order valence-corrected chi connectivity index (χ0v) is 15.3. The Hall–Kier alpha value is -4.05. The Morgan fingerprint density at radius 3 is 2.07 bits per heavy atom. The van der Waals surface area contributed by atoms with Gasteiger partial charge in [-0.3, -0.25) is 14.4 Å². The van der Waals surface area contributed by atoms with Gasteiger partial charge >= 0.3 is 0 Å². The summed E-state index contributed by atoms with van der Waals surface area (Å²) >= 11 is 0. The van der Waals surface area contributed by atoms with Crippen molar-refractivity contribution in [3.63, 3.8) is 0 Å². The molecule has 0 saturated heterocycles. The second-order valence-corrected chi connectivity index (χ2v) is 7.01. The maximum Gasteiger partial charge on any atom is 0.196 e. The molecule has 0 aliphatic heterocycles. The van der Waals surface area contributed by atoms with Gasteiger partial charge in [0.25, 0.3) is 0 Å². The molecule has 0 atom stereocenters. The quantitative estimate of drug-likeness (QED) is 0.365. The SMILES string of the molecule is Nc1c(C(=O)c2cccc3ccccc23)ccc2c1C(=O)c1ccccc1C2=O. The third-order valence-electron chi connectivity index (χ3n) is 5.41. The molecule has 0 fully saturated rings. The van der Waals surface area contributed by atoms with Gasteiger partial charge < -0.3 is 5.73 Å². The van der Waals surface area contributed by atoms with Gasteiger partial charge in [0.2, 0.25) is 0 Å². The molecule has 0 unspecified atom stereocenters. The van der Waals surface area contributed by atoms with Crippen LogP contribution in [0.5, 0.6) is 0 Å². The Bertz CT molecular complexity index is 1360. The lowest BCUT2D eigenvalue weighted by Gasteiger charge is -2.20. The number of nitrogen functional groups attached to an aromatic ring is 1. The summed E-state index contributed by atoms with van der Waals surface area (Å²) in [7, 11) is 0. The number of benzene rings is 4. The molecule has 0 aromatic heterocycles. The van der Waals surface area contributed by atoms with E-state index in [1.807, 2.05) is 36.4 Å². The second-order valence-electron chi connectivity index (χ2n) is 7.01. The standard InChI is InChI=1S/C25H15NO3/c26-22-20(24(28)16-11-5-7-14-6-1-2-8-15(14)16)13-12-19-21(22)25(29)18-10-4-3-9-17(18)23(19)27/h1-13H,26H2. The minimum atomic E-state index is -0.333. The Balaban J connectivity index is 1.70. The number of rotatable bonds is 2. The van der Waals surface area contributed by atoms with E-state index < -0.39 is 0 Å². The Kier molecular flexibility index (Phi) is 3.68. The molecule has 0 amide bonds. The lowest BCUT2D eigenvalue weighted by Crippen LogP contribution is -2.23. The fourth-order valence-electron chi connectivity index (χ4n) is 3.98. The molecule has 0 heterocycles. The van der Waals surface area contributed by atoms with E-state index >= 15 is 0 Å². The van der Waals surface area contributed by atoms with Crippen molar-refractivity contribution in [1.82, 2.24) is 0 Å². The van der Waals surface area contributed by atoms with E-state index in [2.05, 4.69) is 0 Å². The van der Waals surface area contributed by atoms with Gasteiger partial charge in [0.05, 0.1) is 11.3 Å². The molecule has 4 aromatic rings. The Morgan fingerprint density at radius 1 is 0.621 bits per heavy atom. The van der Waals surface area contributed by atoms with Crippen LogP contribution in [0.15, 0.2) is 78.9 Å². The van der Waals surface area contributed by atoms with Crippen molar-refractivity contribution in [3.8, 4) is 0 Å². The first-order chi connectivity index (χ1) is 14.1. The fraction of sp³-hybridized carbons (Fsp3) is 0. The first kappa shape index (κ1) is 17.1. The summed E-state index contributed by atoms with van der Waals surface area (Å²) in [5.41, 5.74) is 8.10. The molecule has 0 radical (unpaired) electrons. The van der Waals surface area contributed by atoms with Crippen LogP contribution in [-0.4, -0.2) is 17.3 Å². The number of carbonyl (C=O) groups excluding carboxylic acids is 3. The number of fused-ring (bicyclic) bond motifs is 3. The lowest BCUT2D eigenvalue weighted by atomic mass is 9.81. The molecule has 2 N–H and O–H groups in total. The third-order valence-corrected chi connectivity index (χ3v) is 5.41. The van der Waals surface area contributed by atoms with Crippen molar-refractivity contribution in [2.75, 3.05) is 5.73 Å². The summed E-state index contributed by atoms with van der Waals surface area (Å²) in [4.78, 5) is 39.2. The largest absolute Gasteiger partial charge is 0.398 e. The summed E-state index contributed by atoms with van der Waals surface area (Å²) in [6.07, 6.45) is 0. The summed E-state index contributed by atoms with van der Waals surface area (Å²) < 4.78 is 0. The highest BCUT2D eigenvalue weighted by molar-refractivity contribution is 6.31. The number of hydrogen-bond donors (Lipinski definition) is 1. The van der Waals surface area contributed by atoms with Gasteiger partial charge in [-0.15, -0.1) is 0 Å². The molecule has 4 aromatic carbocycles. The number of hydrogen-bond acceptors (Lipinski definition) is 4. The molecular formula is C25H15NO3. The van der Waals surface area contributed by atoms with Gasteiger partial charge in [-0.05, 0) is 22.9 Å². The smallest absolute Gasteiger partial charge is 0.196 e. The highest BCUT2D eigenvalue weighted by Gasteiger charge is 2.33.